The molecule has 1 N–H and O–H groups in total. The summed E-state index contributed by atoms with van der Waals surface area (Å²) in [5.74, 6) is -1.04. The van der Waals surface area contributed by atoms with Crippen LogP contribution in [0.25, 0.3) is 0 Å². The molecule has 0 aromatic carbocycles. The number of halogens is 3. The summed E-state index contributed by atoms with van der Waals surface area (Å²) in [6.07, 6.45) is 0.471. The summed E-state index contributed by atoms with van der Waals surface area (Å²) in [7, 11) is 0. The first-order valence-electron chi connectivity index (χ1n) is 8.01. The molecule has 1 saturated carbocycles. The van der Waals surface area contributed by atoms with Gasteiger partial charge in [-0.25, -0.2) is 4.79 Å². The molecule has 3 fully saturated rings. The molecule has 28 heavy (non-hydrogen) atoms. The van der Waals surface area contributed by atoms with Crippen LogP contribution in [0.4, 0.5) is 0 Å². The van der Waals surface area contributed by atoms with Crippen LogP contribution in [-0.4, -0.2) is 70.7 Å². The van der Waals surface area contributed by atoms with Gasteiger partial charge < -0.3 is 15.0 Å². The molecule has 3 unspecified atom stereocenters. The number of thioether (sulfide) groups is 2. The first-order valence-corrected chi connectivity index (χ1v) is 11.9. The van der Waals surface area contributed by atoms with E-state index in [9.17, 15) is 14.4 Å². The predicted octanol–water partition coefficient (Wildman–Crippen LogP) is 1.84. The molecular formula is C14H13Cl3N4O4S3. The monoisotopic (exact) mass is 502 g/mol. The second-order valence-electron chi connectivity index (χ2n) is 6.71. The Kier molecular flexibility index (Phi) is 5.24. The molecule has 1 aliphatic carbocycles. The molecule has 8 nitrogen and oxygen atoms in total. The van der Waals surface area contributed by atoms with Gasteiger partial charge in [0.15, 0.2) is 9.88 Å². The van der Waals surface area contributed by atoms with Gasteiger partial charge in [-0.3, -0.25) is 9.59 Å². The molecule has 0 bridgehead atoms. The molecule has 2 saturated heterocycles. The van der Waals surface area contributed by atoms with Gasteiger partial charge in [-0.1, -0.05) is 57.9 Å². The normalized spacial score (nSPS) is 33.0. The van der Waals surface area contributed by atoms with Crippen molar-refractivity contribution in [3.8, 4) is 0 Å². The number of carbonyl (C=O) groups excluding carboxylic acids is 3. The fraction of sp³-hybridized carbons (Fsp3) is 0.643. The van der Waals surface area contributed by atoms with Crippen LogP contribution in [0.1, 0.15) is 13.3 Å². The number of ether oxygens (including phenoxy) is 1. The number of nitrogens with zero attached hydrogens (tertiary/aromatic N) is 3. The molecule has 2 amide bonds. The van der Waals surface area contributed by atoms with Gasteiger partial charge >= 0.3 is 5.97 Å². The number of nitrogens with one attached hydrogen (secondary N) is 1. The maximum atomic E-state index is 12.7. The SMILES string of the molecule is CC12CC1(C(=O)OCC(Cl)(Cl)Cl)N1C(=O)C(NC(=O)CSc3nncs3)[C@@H]1S2. The van der Waals surface area contributed by atoms with E-state index in [-0.39, 0.29) is 22.9 Å². The van der Waals surface area contributed by atoms with E-state index in [1.54, 1.807) is 5.51 Å². The highest BCUT2D eigenvalue weighted by atomic mass is 35.6. The van der Waals surface area contributed by atoms with Crippen molar-refractivity contribution in [1.82, 2.24) is 20.4 Å². The lowest BCUT2D eigenvalue weighted by Gasteiger charge is -2.46. The van der Waals surface area contributed by atoms with E-state index in [0.29, 0.717) is 10.8 Å². The average Bonchev–Trinajstić information content (AvgIpc) is 2.97. The molecule has 3 aliphatic rings. The summed E-state index contributed by atoms with van der Waals surface area (Å²) < 4.78 is 3.64. The minimum Gasteiger partial charge on any atom is -0.459 e. The summed E-state index contributed by atoms with van der Waals surface area (Å²) in [4.78, 5) is 39.0. The summed E-state index contributed by atoms with van der Waals surface area (Å²) in [6, 6.07) is -0.671. The van der Waals surface area contributed by atoms with Crippen LogP contribution in [0, 0.1) is 0 Å². The summed E-state index contributed by atoms with van der Waals surface area (Å²) in [5, 5.41) is 9.97. The summed E-state index contributed by atoms with van der Waals surface area (Å²) in [5.41, 5.74) is 0.523. The third-order valence-corrected chi connectivity index (χ3v) is 8.78. The van der Waals surface area contributed by atoms with Gasteiger partial charge in [-0.15, -0.1) is 22.0 Å². The van der Waals surface area contributed by atoms with Crippen LogP contribution in [0.3, 0.4) is 0 Å². The number of aromatic nitrogens is 2. The molecule has 4 rings (SSSR count). The number of hydrogen-bond donors (Lipinski definition) is 1. The van der Waals surface area contributed by atoms with Crippen LogP contribution >= 0.6 is 69.7 Å². The highest BCUT2D eigenvalue weighted by Gasteiger charge is 2.85. The maximum absolute atomic E-state index is 12.7. The minimum atomic E-state index is -1.72. The molecule has 14 heteroatoms. The van der Waals surface area contributed by atoms with Crippen molar-refractivity contribution in [3.05, 3.63) is 5.51 Å². The largest absolute Gasteiger partial charge is 0.459 e. The fourth-order valence-corrected chi connectivity index (χ4v) is 6.91. The summed E-state index contributed by atoms with van der Waals surface area (Å²) >= 11 is 21.0. The van der Waals surface area contributed by atoms with Crippen molar-refractivity contribution >= 4 is 87.4 Å². The van der Waals surface area contributed by atoms with Crippen molar-refractivity contribution in [2.75, 3.05) is 12.4 Å². The van der Waals surface area contributed by atoms with Crippen molar-refractivity contribution in [2.24, 2.45) is 0 Å². The Bertz CT molecular complexity index is 838. The number of carbonyl (C=O) groups is 3. The topological polar surface area (TPSA) is 101 Å². The number of β-lactam (4-membered cyclic amide) rings is 1. The van der Waals surface area contributed by atoms with Crippen LogP contribution < -0.4 is 5.32 Å². The van der Waals surface area contributed by atoms with Gasteiger partial charge in [0, 0.05) is 6.42 Å². The molecule has 4 atom stereocenters. The number of amides is 2. The average molecular weight is 504 g/mol. The quantitative estimate of drug-likeness (QED) is 0.272. The van der Waals surface area contributed by atoms with E-state index in [1.807, 2.05) is 6.92 Å². The lowest BCUT2D eigenvalue weighted by atomic mass is 10.0. The maximum Gasteiger partial charge on any atom is 0.333 e. The van der Waals surface area contributed by atoms with Crippen LogP contribution in [0.2, 0.25) is 0 Å². The van der Waals surface area contributed by atoms with Crippen LogP contribution in [0.15, 0.2) is 9.85 Å². The number of alkyl halides is 3. The fourth-order valence-electron chi connectivity index (χ4n) is 3.53. The Hall–Kier alpha value is -0.460. The third-order valence-electron chi connectivity index (χ3n) is 4.87. The van der Waals surface area contributed by atoms with E-state index in [4.69, 9.17) is 39.5 Å². The van der Waals surface area contributed by atoms with Gasteiger partial charge in [-0.05, 0) is 6.92 Å². The number of fused-ring (bicyclic) bond motifs is 3. The zero-order valence-corrected chi connectivity index (χ0v) is 18.9. The molecule has 2 aliphatic heterocycles. The smallest absolute Gasteiger partial charge is 0.333 e. The Morgan fingerprint density at radius 2 is 2.25 bits per heavy atom. The number of hydrogen-bond acceptors (Lipinski definition) is 9. The zero-order chi connectivity index (χ0) is 20.3. The first kappa shape index (κ1) is 20.8. The van der Waals surface area contributed by atoms with Gasteiger partial charge in [0.05, 0.1) is 10.5 Å². The van der Waals surface area contributed by atoms with E-state index < -0.39 is 32.7 Å². The highest BCUT2D eigenvalue weighted by molar-refractivity contribution is 8.02. The van der Waals surface area contributed by atoms with E-state index in [2.05, 4.69) is 15.5 Å². The zero-order valence-electron chi connectivity index (χ0n) is 14.2. The Labute approximate surface area is 187 Å². The van der Waals surface area contributed by atoms with Crippen molar-refractivity contribution in [3.63, 3.8) is 0 Å². The number of esters is 1. The Balaban J connectivity index is 1.37. The molecule has 1 aromatic rings. The predicted molar refractivity (Wildman–Crippen MR) is 108 cm³/mol. The molecular weight excluding hydrogens is 491 g/mol. The van der Waals surface area contributed by atoms with E-state index in [1.165, 1.54) is 39.8 Å². The van der Waals surface area contributed by atoms with Gasteiger partial charge in [0.25, 0.3) is 0 Å². The van der Waals surface area contributed by atoms with Gasteiger partial charge in [-0.2, -0.15) is 0 Å². The van der Waals surface area contributed by atoms with E-state index in [0.717, 1.165) is 0 Å². The van der Waals surface area contributed by atoms with Crippen LogP contribution in [-0.2, 0) is 19.1 Å². The van der Waals surface area contributed by atoms with Crippen molar-refractivity contribution in [1.29, 1.82) is 0 Å². The lowest BCUT2D eigenvalue weighted by Crippen LogP contribution is -2.72. The molecule has 152 valence electrons. The Morgan fingerprint density at radius 1 is 1.50 bits per heavy atom. The molecule has 0 radical (unpaired) electrons. The standard InChI is InChI=1S/C14H13Cl3N4O4S3/c1-12-3-13(12,10(24)25-4-14(15,16)17)21-8(23)7(9(21)28-12)19-6(22)2-26-11-20-18-5-27-11/h5,7,9H,2-4H2,1H3,(H,19,22)/t7?,9-,12?,13?/m0/s1. The van der Waals surface area contributed by atoms with Gasteiger partial charge in [0.2, 0.25) is 15.6 Å². The number of rotatable bonds is 6. The molecule has 0 spiro atoms. The lowest BCUT2D eigenvalue weighted by molar-refractivity contribution is -0.166. The third kappa shape index (κ3) is 3.37. The van der Waals surface area contributed by atoms with Gasteiger partial charge in [0.1, 0.15) is 23.5 Å². The molecule has 1 aromatic heterocycles. The second-order valence-corrected chi connectivity index (χ2v) is 12.9. The summed E-state index contributed by atoms with van der Waals surface area (Å²) in [6.45, 7) is 1.50. The second kappa shape index (κ2) is 7.05. The first-order chi connectivity index (χ1) is 13.1. The van der Waals surface area contributed by atoms with Crippen molar-refractivity contribution < 1.29 is 19.1 Å². The van der Waals surface area contributed by atoms with Crippen molar-refractivity contribution in [2.45, 2.75) is 43.2 Å². The highest BCUT2D eigenvalue weighted by Crippen LogP contribution is 2.72. The van der Waals surface area contributed by atoms with Crippen LogP contribution in [0.5, 0.6) is 0 Å². The molecule has 3 heterocycles. The minimum absolute atomic E-state index is 0.129. The van der Waals surface area contributed by atoms with E-state index >= 15 is 0 Å². The Morgan fingerprint density at radius 3 is 2.89 bits per heavy atom.